The van der Waals surface area contributed by atoms with Crippen LogP contribution >= 0.6 is 0 Å². The average molecular weight is 348 g/mol. The Morgan fingerprint density at radius 1 is 0.692 bits per heavy atom. The number of aryl methyl sites for hydroxylation is 2. The van der Waals surface area contributed by atoms with E-state index in [9.17, 15) is 0 Å². The van der Waals surface area contributed by atoms with Crippen molar-refractivity contribution in [1.29, 1.82) is 0 Å². The molecule has 136 valence electrons. The van der Waals surface area contributed by atoms with Crippen molar-refractivity contribution in [2.75, 3.05) is 25.6 Å². The molecular formula is C23H29N3. The molecule has 0 saturated heterocycles. The van der Waals surface area contributed by atoms with Crippen LogP contribution in [0.25, 0.3) is 0 Å². The number of anilines is 2. The van der Waals surface area contributed by atoms with Gasteiger partial charge in [-0.2, -0.15) is 0 Å². The first-order chi connectivity index (χ1) is 12.5. The molecule has 0 atom stereocenters. The average Bonchev–Trinajstić information content (AvgIpc) is 2.60. The highest BCUT2D eigenvalue weighted by atomic mass is 14.7. The first-order valence-corrected chi connectivity index (χ1v) is 8.83. The number of nitrogens with two attached hydrogens (primary N) is 2. The van der Waals surface area contributed by atoms with Gasteiger partial charge in [-0.3, -0.25) is 0 Å². The number of benzene rings is 3. The summed E-state index contributed by atoms with van der Waals surface area (Å²) in [5.41, 5.74) is 19.7. The number of hydrogen-bond acceptors (Lipinski definition) is 3. The van der Waals surface area contributed by atoms with Crippen LogP contribution in [0.2, 0.25) is 0 Å². The highest BCUT2D eigenvalue weighted by molar-refractivity contribution is 5.55. The monoisotopic (exact) mass is 347 g/mol. The van der Waals surface area contributed by atoms with Crippen LogP contribution in [0.4, 0.5) is 11.4 Å². The zero-order chi connectivity index (χ0) is 19.1. The van der Waals surface area contributed by atoms with E-state index in [0.29, 0.717) is 0 Å². The molecular weight excluding hydrogens is 318 g/mol. The molecule has 0 aliphatic heterocycles. The summed E-state index contributed by atoms with van der Waals surface area (Å²) in [6.45, 7) is 4.24. The van der Waals surface area contributed by atoms with Crippen molar-refractivity contribution in [1.82, 2.24) is 5.32 Å². The topological polar surface area (TPSA) is 64.1 Å². The van der Waals surface area contributed by atoms with E-state index in [0.717, 1.165) is 11.4 Å². The lowest BCUT2D eigenvalue weighted by Crippen LogP contribution is -2.08. The van der Waals surface area contributed by atoms with Crippen molar-refractivity contribution in [2.24, 2.45) is 0 Å². The van der Waals surface area contributed by atoms with Crippen LogP contribution in [0.1, 0.15) is 33.7 Å². The Morgan fingerprint density at radius 2 is 1.12 bits per heavy atom. The summed E-state index contributed by atoms with van der Waals surface area (Å²) in [4.78, 5) is 0. The van der Waals surface area contributed by atoms with E-state index in [1.807, 2.05) is 44.4 Å². The Morgan fingerprint density at radius 3 is 1.50 bits per heavy atom. The maximum atomic E-state index is 5.94. The van der Waals surface area contributed by atoms with Gasteiger partial charge >= 0.3 is 0 Å². The van der Waals surface area contributed by atoms with Gasteiger partial charge in [0.2, 0.25) is 0 Å². The predicted molar refractivity (Wildman–Crippen MR) is 114 cm³/mol. The molecule has 0 bridgehead atoms. The number of nitrogens with one attached hydrogen (secondary N) is 1. The summed E-state index contributed by atoms with van der Waals surface area (Å²) < 4.78 is 0. The van der Waals surface area contributed by atoms with E-state index in [-0.39, 0.29) is 5.92 Å². The highest BCUT2D eigenvalue weighted by Crippen LogP contribution is 2.36. The van der Waals surface area contributed by atoms with Gasteiger partial charge in [0, 0.05) is 17.3 Å². The number of rotatable bonds is 3. The fourth-order valence-corrected chi connectivity index (χ4v) is 3.22. The van der Waals surface area contributed by atoms with E-state index < -0.39 is 0 Å². The molecule has 0 heterocycles. The van der Waals surface area contributed by atoms with Crippen molar-refractivity contribution in [3.05, 3.63) is 94.5 Å². The fraction of sp³-hybridized carbons (Fsp3) is 0.217. The van der Waals surface area contributed by atoms with Gasteiger partial charge in [0.15, 0.2) is 0 Å². The van der Waals surface area contributed by atoms with Crippen molar-refractivity contribution < 1.29 is 0 Å². The summed E-state index contributed by atoms with van der Waals surface area (Å²) in [5, 5.41) is 2.75. The van der Waals surface area contributed by atoms with E-state index >= 15 is 0 Å². The predicted octanol–water partition coefficient (Wildman–Crippen LogP) is 4.48. The molecule has 3 rings (SSSR count). The lowest BCUT2D eigenvalue weighted by Gasteiger charge is -2.23. The van der Waals surface area contributed by atoms with Gasteiger partial charge < -0.3 is 16.8 Å². The first kappa shape index (κ1) is 19.5. The third kappa shape index (κ3) is 4.64. The molecule has 0 aliphatic rings. The molecule has 3 aromatic carbocycles. The normalized spacial score (nSPS) is 10.3. The van der Waals surface area contributed by atoms with E-state index in [4.69, 9.17) is 11.5 Å². The van der Waals surface area contributed by atoms with Crippen LogP contribution in [0.3, 0.4) is 0 Å². The van der Waals surface area contributed by atoms with Crippen LogP contribution in [-0.2, 0) is 0 Å². The third-order valence-corrected chi connectivity index (χ3v) is 4.34. The van der Waals surface area contributed by atoms with Crippen LogP contribution in [0.5, 0.6) is 0 Å². The Hall–Kier alpha value is -2.78. The summed E-state index contributed by atoms with van der Waals surface area (Å²) in [7, 11) is 3.75. The Kier molecular flexibility index (Phi) is 6.81. The molecule has 0 spiro atoms. The molecule has 3 nitrogen and oxygen atoms in total. The fourth-order valence-electron chi connectivity index (χ4n) is 3.22. The Labute approximate surface area is 157 Å². The van der Waals surface area contributed by atoms with Crippen LogP contribution in [0, 0.1) is 13.8 Å². The summed E-state index contributed by atoms with van der Waals surface area (Å²) in [6, 6.07) is 22.9. The van der Waals surface area contributed by atoms with Crippen molar-refractivity contribution in [3.8, 4) is 0 Å². The Balaban J connectivity index is 0.000000758. The standard InChI is InChI=1S/C21H22N2.C2H7N/c1-14-12-17(22)8-10-19(14)21(16-6-4-3-5-7-16)20-11-9-18(23)13-15(20)2;1-3-2/h3-13,21H,22-23H2,1-2H3;3H,1-2H3. The maximum absolute atomic E-state index is 5.94. The highest BCUT2D eigenvalue weighted by Gasteiger charge is 2.20. The molecule has 0 saturated carbocycles. The molecule has 3 heteroatoms. The minimum Gasteiger partial charge on any atom is -0.399 e. The maximum Gasteiger partial charge on any atom is 0.0345 e. The van der Waals surface area contributed by atoms with Crippen molar-refractivity contribution in [3.63, 3.8) is 0 Å². The minimum atomic E-state index is 0.178. The molecule has 0 unspecified atom stereocenters. The summed E-state index contributed by atoms with van der Waals surface area (Å²) >= 11 is 0. The lowest BCUT2D eigenvalue weighted by molar-refractivity contribution is 0.950. The van der Waals surface area contributed by atoms with Crippen LogP contribution in [0.15, 0.2) is 66.7 Å². The van der Waals surface area contributed by atoms with Gasteiger partial charge in [0.1, 0.15) is 0 Å². The SMILES string of the molecule is CNC.Cc1cc(N)ccc1C(c1ccccc1)c1ccc(N)cc1C. The first-order valence-electron chi connectivity index (χ1n) is 8.83. The van der Waals surface area contributed by atoms with Crippen molar-refractivity contribution in [2.45, 2.75) is 19.8 Å². The van der Waals surface area contributed by atoms with Gasteiger partial charge in [-0.1, -0.05) is 42.5 Å². The van der Waals surface area contributed by atoms with Gasteiger partial charge in [-0.15, -0.1) is 0 Å². The van der Waals surface area contributed by atoms with Crippen LogP contribution < -0.4 is 16.8 Å². The van der Waals surface area contributed by atoms with Gasteiger partial charge in [-0.05, 0) is 80.0 Å². The molecule has 5 N–H and O–H groups in total. The zero-order valence-electron chi connectivity index (χ0n) is 16.1. The molecule has 0 amide bonds. The number of hydrogen-bond donors (Lipinski definition) is 3. The molecule has 0 radical (unpaired) electrons. The molecule has 3 aromatic rings. The largest absolute Gasteiger partial charge is 0.399 e. The third-order valence-electron chi connectivity index (χ3n) is 4.34. The summed E-state index contributed by atoms with van der Waals surface area (Å²) in [6.07, 6.45) is 0. The van der Waals surface area contributed by atoms with Gasteiger partial charge in [0.25, 0.3) is 0 Å². The zero-order valence-corrected chi connectivity index (χ0v) is 16.1. The number of nitrogen functional groups attached to an aromatic ring is 2. The second kappa shape index (κ2) is 9.07. The van der Waals surface area contributed by atoms with Gasteiger partial charge in [-0.25, -0.2) is 0 Å². The minimum absolute atomic E-state index is 0.178. The second-order valence-corrected chi connectivity index (χ2v) is 6.58. The van der Waals surface area contributed by atoms with E-state index in [2.05, 4.69) is 55.6 Å². The molecule has 0 fully saturated rings. The smallest absolute Gasteiger partial charge is 0.0345 e. The Bertz CT molecular complexity index is 790. The quantitative estimate of drug-likeness (QED) is 0.483. The molecule has 26 heavy (non-hydrogen) atoms. The van der Waals surface area contributed by atoms with Crippen molar-refractivity contribution >= 4 is 11.4 Å². The summed E-state index contributed by atoms with van der Waals surface area (Å²) in [5.74, 6) is 0.178. The second-order valence-electron chi connectivity index (χ2n) is 6.58. The molecule has 0 aromatic heterocycles. The van der Waals surface area contributed by atoms with E-state index in [1.54, 1.807) is 0 Å². The lowest BCUT2D eigenvalue weighted by atomic mass is 9.81. The van der Waals surface area contributed by atoms with Gasteiger partial charge in [0.05, 0.1) is 0 Å². The van der Waals surface area contributed by atoms with E-state index in [1.165, 1.54) is 27.8 Å². The van der Waals surface area contributed by atoms with Crippen LogP contribution in [-0.4, -0.2) is 14.1 Å². The molecule has 0 aliphatic carbocycles.